The van der Waals surface area contributed by atoms with E-state index in [-0.39, 0.29) is 11.7 Å². The number of rotatable bonds is 6. The van der Waals surface area contributed by atoms with Gasteiger partial charge in [-0.25, -0.2) is 18.5 Å². The number of nitrogens with two attached hydrogens (primary N) is 1. The lowest BCUT2D eigenvalue weighted by atomic mass is 10.0. The lowest BCUT2D eigenvalue weighted by Gasteiger charge is -2.09. The van der Waals surface area contributed by atoms with Crippen molar-refractivity contribution in [3.05, 3.63) is 77.5 Å². The van der Waals surface area contributed by atoms with Gasteiger partial charge in [0.05, 0.1) is 16.7 Å². The molecule has 8 nitrogen and oxygen atoms in total. The second-order valence-electron chi connectivity index (χ2n) is 7.90. The van der Waals surface area contributed by atoms with Crippen molar-refractivity contribution in [2.45, 2.75) is 24.5 Å². The van der Waals surface area contributed by atoms with E-state index < -0.39 is 10.0 Å². The van der Waals surface area contributed by atoms with Crippen LogP contribution in [0.1, 0.15) is 40.4 Å². The van der Waals surface area contributed by atoms with Crippen LogP contribution in [-0.4, -0.2) is 24.5 Å². The van der Waals surface area contributed by atoms with Crippen molar-refractivity contribution in [2.24, 2.45) is 5.14 Å². The van der Waals surface area contributed by atoms with E-state index in [2.05, 4.69) is 15.5 Å². The number of pyridine rings is 1. The van der Waals surface area contributed by atoms with E-state index in [0.29, 0.717) is 39.5 Å². The first-order valence-corrected chi connectivity index (χ1v) is 11.9. The number of hydrogen-bond donors (Lipinski definition) is 2. The summed E-state index contributed by atoms with van der Waals surface area (Å²) in [5.41, 5.74) is 4.05. The zero-order valence-corrected chi connectivity index (χ0v) is 17.8. The molecule has 1 aliphatic carbocycles. The molecular formula is C23H20N4O4S. The number of primary sulfonamides is 1. The van der Waals surface area contributed by atoms with Crippen LogP contribution in [0.4, 0.5) is 5.69 Å². The molecule has 32 heavy (non-hydrogen) atoms. The summed E-state index contributed by atoms with van der Waals surface area (Å²) in [6.07, 6.45) is 2.06. The Bertz CT molecular complexity index is 1410. The van der Waals surface area contributed by atoms with Crippen LogP contribution in [0.25, 0.3) is 22.4 Å². The van der Waals surface area contributed by atoms with Crippen LogP contribution in [0, 0.1) is 0 Å². The largest absolute Gasteiger partial charge is 0.335 e. The van der Waals surface area contributed by atoms with Gasteiger partial charge in [0.15, 0.2) is 0 Å². The number of carbonyl (C=O) groups is 1. The van der Waals surface area contributed by atoms with Gasteiger partial charge in [-0.05, 0) is 36.6 Å². The van der Waals surface area contributed by atoms with Crippen molar-refractivity contribution in [2.75, 3.05) is 5.32 Å². The standard InChI is InChI=1S/C23H20N4O4S/c24-32(29,30)13-14-6-10-17(11-7-14)25-22(28)18-12-19(15-8-9-15)26-23-20(18)21(27-31-23)16-4-2-1-3-5-16/h1-7,10-12,15H,8-9,13H2,(H,25,28)(H2,24,29,30). The summed E-state index contributed by atoms with van der Waals surface area (Å²) in [7, 11) is -3.62. The fourth-order valence-electron chi connectivity index (χ4n) is 3.65. The molecule has 9 heteroatoms. The summed E-state index contributed by atoms with van der Waals surface area (Å²) in [6, 6.07) is 17.8. The molecule has 0 radical (unpaired) electrons. The first-order valence-electron chi connectivity index (χ1n) is 10.1. The smallest absolute Gasteiger partial charge is 0.259 e. The summed E-state index contributed by atoms with van der Waals surface area (Å²) < 4.78 is 28.1. The lowest BCUT2D eigenvalue weighted by Crippen LogP contribution is -2.15. The first-order chi connectivity index (χ1) is 15.4. The van der Waals surface area contributed by atoms with Crippen LogP contribution in [0.3, 0.4) is 0 Å². The summed E-state index contributed by atoms with van der Waals surface area (Å²) in [5, 5.41) is 12.7. The van der Waals surface area contributed by atoms with Crippen molar-refractivity contribution in [1.29, 1.82) is 0 Å². The van der Waals surface area contributed by atoms with Gasteiger partial charge in [-0.2, -0.15) is 0 Å². The van der Waals surface area contributed by atoms with Crippen molar-refractivity contribution in [3.63, 3.8) is 0 Å². The normalized spacial score (nSPS) is 13.9. The highest BCUT2D eigenvalue weighted by atomic mass is 32.2. The molecule has 3 N–H and O–H groups in total. The third kappa shape index (κ3) is 4.25. The fraction of sp³-hybridized carbons (Fsp3) is 0.174. The molecule has 4 aromatic rings. The van der Waals surface area contributed by atoms with E-state index in [1.807, 2.05) is 36.4 Å². The van der Waals surface area contributed by atoms with Crippen LogP contribution in [0.5, 0.6) is 0 Å². The number of carbonyl (C=O) groups excluding carboxylic acids is 1. The van der Waals surface area contributed by atoms with Gasteiger partial charge in [0.1, 0.15) is 5.69 Å². The molecule has 0 saturated heterocycles. The van der Waals surface area contributed by atoms with Gasteiger partial charge in [0.2, 0.25) is 10.0 Å². The Hall–Kier alpha value is -3.56. The van der Waals surface area contributed by atoms with E-state index in [0.717, 1.165) is 24.1 Å². The quantitative estimate of drug-likeness (QED) is 0.462. The van der Waals surface area contributed by atoms with Gasteiger partial charge >= 0.3 is 0 Å². The Morgan fingerprint density at radius 2 is 1.81 bits per heavy atom. The highest BCUT2D eigenvalue weighted by Crippen LogP contribution is 2.41. The molecule has 1 saturated carbocycles. The molecule has 1 aliphatic rings. The van der Waals surface area contributed by atoms with Crippen molar-refractivity contribution in [1.82, 2.24) is 10.1 Å². The SMILES string of the molecule is NS(=O)(=O)Cc1ccc(NC(=O)c2cc(C3CC3)nc3onc(-c4ccccc4)c23)cc1. The number of nitrogens with one attached hydrogen (secondary N) is 1. The number of nitrogens with zero attached hydrogens (tertiary/aromatic N) is 2. The number of hydrogen-bond acceptors (Lipinski definition) is 6. The molecule has 162 valence electrons. The van der Waals surface area contributed by atoms with Crippen LogP contribution in [0.2, 0.25) is 0 Å². The van der Waals surface area contributed by atoms with Crippen LogP contribution < -0.4 is 10.5 Å². The predicted octanol–water partition coefficient (Wildman–Crippen LogP) is 3.81. The molecule has 2 aromatic carbocycles. The Balaban J connectivity index is 1.52. The van der Waals surface area contributed by atoms with Gasteiger partial charge < -0.3 is 9.84 Å². The lowest BCUT2D eigenvalue weighted by molar-refractivity contribution is 0.102. The number of sulfonamides is 1. The van der Waals surface area contributed by atoms with Crippen LogP contribution >= 0.6 is 0 Å². The summed E-state index contributed by atoms with van der Waals surface area (Å²) in [6.45, 7) is 0. The van der Waals surface area contributed by atoms with Gasteiger partial charge in [-0.3, -0.25) is 4.79 Å². The molecule has 1 amide bonds. The summed E-state index contributed by atoms with van der Waals surface area (Å²) in [4.78, 5) is 17.9. The van der Waals surface area contributed by atoms with Crippen molar-refractivity contribution >= 4 is 32.7 Å². The second-order valence-corrected chi connectivity index (χ2v) is 9.52. The predicted molar refractivity (Wildman–Crippen MR) is 120 cm³/mol. The molecule has 0 spiro atoms. The molecule has 2 heterocycles. The number of benzene rings is 2. The highest BCUT2D eigenvalue weighted by Gasteiger charge is 2.29. The minimum Gasteiger partial charge on any atom is -0.335 e. The van der Waals surface area contributed by atoms with Crippen molar-refractivity contribution in [3.8, 4) is 11.3 Å². The minimum atomic E-state index is -3.62. The molecule has 0 atom stereocenters. The van der Waals surface area contributed by atoms with Gasteiger partial charge in [0, 0.05) is 22.9 Å². The number of fused-ring (bicyclic) bond motifs is 1. The van der Waals surface area contributed by atoms with Crippen molar-refractivity contribution < 1.29 is 17.7 Å². The van der Waals surface area contributed by atoms with E-state index in [9.17, 15) is 13.2 Å². The summed E-state index contributed by atoms with van der Waals surface area (Å²) in [5.74, 6) is -0.259. The zero-order valence-electron chi connectivity index (χ0n) is 17.0. The maximum atomic E-state index is 13.3. The molecule has 0 bridgehead atoms. The molecule has 0 unspecified atom stereocenters. The Labute approximate surface area is 184 Å². The Morgan fingerprint density at radius 1 is 1.09 bits per heavy atom. The average molecular weight is 449 g/mol. The monoisotopic (exact) mass is 448 g/mol. The van der Waals surface area contributed by atoms with Gasteiger partial charge in [0.25, 0.3) is 11.6 Å². The molecule has 0 aliphatic heterocycles. The Morgan fingerprint density at radius 3 is 2.47 bits per heavy atom. The van der Waals surface area contributed by atoms with E-state index >= 15 is 0 Å². The number of amides is 1. The third-order valence-corrected chi connectivity index (χ3v) is 6.07. The fourth-order valence-corrected chi connectivity index (χ4v) is 4.30. The molecule has 5 rings (SSSR count). The minimum absolute atomic E-state index is 0.266. The second kappa shape index (κ2) is 7.85. The maximum Gasteiger partial charge on any atom is 0.259 e. The van der Waals surface area contributed by atoms with Crippen LogP contribution in [0.15, 0.2) is 65.2 Å². The molecule has 1 fully saturated rings. The van der Waals surface area contributed by atoms with E-state index in [4.69, 9.17) is 9.66 Å². The van der Waals surface area contributed by atoms with Crippen LogP contribution in [-0.2, 0) is 15.8 Å². The topological polar surface area (TPSA) is 128 Å². The zero-order chi connectivity index (χ0) is 22.3. The maximum absolute atomic E-state index is 13.3. The number of anilines is 1. The Kier molecular flexibility index (Phi) is 4.99. The average Bonchev–Trinajstić information content (AvgIpc) is 3.53. The van der Waals surface area contributed by atoms with E-state index in [1.54, 1.807) is 24.3 Å². The first kappa shape index (κ1) is 20.3. The number of aromatic nitrogens is 2. The van der Waals surface area contributed by atoms with Gasteiger partial charge in [-0.1, -0.05) is 47.6 Å². The summed E-state index contributed by atoms with van der Waals surface area (Å²) >= 11 is 0. The third-order valence-electron chi connectivity index (χ3n) is 5.33. The van der Waals surface area contributed by atoms with E-state index in [1.165, 1.54) is 0 Å². The van der Waals surface area contributed by atoms with Gasteiger partial charge in [-0.15, -0.1) is 0 Å². The molecule has 2 aromatic heterocycles. The molecular weight excluding hydrogens is 428 g/mol. The highest BCUT2D eigenvalue weighted by molar-refractivity contribution is 7.88.